The number of para-hydroxylation sites is 1. The Hall–Kier alpha value is -2.95. The van der Waals surface area contributed by atoms with Gasteiger partial charge in [-0.25, -0.2) is 0 Å². The van der Waals surface area contributed by atoms with Crippen molar-refractivity contribution in [2.75, 3.05) is 11.9 Å². The van der Waals surface area contributed by atoms with E-state index in [9.17, 15) is 14.4 Å². The van der Waals surface area contributed by atoms with Crippen molar-refractivity contribution in [2.45, 2.75) is 19.4 Å². The summed E-state index contributed by atoms with van der Waals surface area (Å²) < 4.78 is 0. The maximum atomic E-state index is 13.0. The molecule has 0 N–H and O–H groups in total. The molecule has 120 valence electrons. The van der Waals surface area contributed by atoms with Gasteiger partial charge in [-0.2, -0.15) is 0 Å². The maximum absolute atomic E-state index is 13.0. The summed E-state index contributed by atoms with van der Waals surface area (Å²) in [5.74, 6) is -0.835. The summed E-state index contributed by atoms with van der Waals surface area (Å²) in [5, 5.41) is 0. The van der Waals surface area contributed by atoms with Crippen LogP contribution in [0.25, 0.3) is 0 Å². The second-order valence-corrected chi connectivity index (χ2v) is 6.29. The van der Waals surface area contributed by atoms with Crippen molar-refractivity contribution >= 4 is 23.4 Å². The molecule has 2 aromatic carbocycles. The summed E-state index contributed by atoms with van der Waals surface area (Å²) in [6.45, 7) is 2.01. The third-order valence-corrected chi connectivity index (χ3v) is 4.76. The standard InChI is InChI=1S/C19H16N2O3/c1-11-9-12-5-3-4-6-16(12)21(11)17(22)13-7-8-14-15(10-13)19(24)20(2)18(14)23/h3-8,10-11H,9H2,1-2H3. The van der Waals surface area contributed by atoms with Crippen molar-refractivity contribution in [3.05, 3.63) is 64.7 Å². The molecule has 0 aliphatic carbocycles. The number of benzene rings is 2. The van der Waals surface area contributed by atoms with Crippen LogP contribution >= 0.6 is 0 Å². The fourth-order valence-corrected chi connectivity index (χ4v) is 3.51. The van der Waals surface area contributed by atoms with Crippen LogP contribution in [0, 0.1) is 0 Å². The lowest BCUT2D eigenvalue weighted by atomic mass is 10.0. The van der Waals surface area contributed by atoms with Gasteiger partial charge in [0.2, 0.25) is 0 Å². The van der Waals surface area contributed by atoms with E-state index in [-0.39, 0.29) is 23.8 Å². The molecule has 1 atom stereocenters. The number of hydrogen-bond donors (Lipinski definition) is 0. The van der Waals surface area contributed by atoms with E-state index in [1.165, 1.54) is 13.1 Å². The van der Waals surface area contributed by atoms with Crippen LogP contribution in [-0.2, 0) is 6.42 Å². The highest BCUT2D eigenvalue weighted by Gasteiger charge is 2.35. The van der Waals surface area contributed by atoms with Crippen molar-refractivity contribution in [1.29, 1.82) is 0 Å². The van der Waals surface area contributed by atoms with Gasteiger partial charge in [0.15, 0.2) is 0 Å². The molecule has 0 saturated carbocycles. The lowest BCUT2D eigenvalue weighted by molar-refractivity contribution is 0.0693. The van der Waals surface area contributed by atoms with Gasteiger partial charge < -0.3 is 4.90 Å². The highest BCUT2D eigenvalue weighted by atomic mass is 16.2. The fourth-order valence-electron chi connectivity index (χ4n) is 3.51. The summed E-state index contributed by atoms with van der Waals surface area (Å²) in [4.78, 5) is 40.0. The van der Waals surface area contributed by atoms with Crippen molar-refractivity contribution in [3.63, 3.8) is 0 Å². The minimum absolute atomic E-state index is 0.0585. The van der Waals surface area contributed by atoms with E-state index in [0.29, 0.717) is 16.7 Å². The van der Waals surface area contributed by atoms with Crippen molar-refractivity contribution in [3.8, 4) is 0 Å². The number of carbonyl (C=O) groups is 3. The lowest BCUT2D eigenvalue weighted by Crippen LogP contribution is -2.35. The van der Waals surface area contributed by atoms with Crippen molar-refractivity contribution < 1.29 is 14.4 Å². The lowest BCUT2D eigenvalue weighted by Gasteiger charge is -2.23. The minimum atomic E-state index is -0.362. The molecule has 2 aromatic rings. The van der Waals surface area contributed by atoms with Crippen LogP contribution in [0.1, 0.15) is 43.6 Å². The molecule has 1 unspecified atom stereocenters. The number of fused-ring (bicyclic) bond motifs is 2. The molecular weight excluding hydrogens is 304 g/mol. The highest BCUT2D eigenvalue weighted by molar-refractivity contribution is 6.22. The Morgan fingerprint density at radius 3 is 2.54 bits per heavy atom. The van der Waals surface area contributed by atoms with Gasteiger partial charge in [0.05, 0.1) is 11.1 Å². The highest BCUT2D eigenvalue weighted by Crippen LogP contribution is 2.33. The van der Waals surface area contributed by atoms with Gasteiger partial charge in [0.25, 0.3) is 17.7 Å². The molecule has 5 nitrogen and oxygen atoms in total. The molecule has 0 bridgehead atoms. The van der Waals surface area contributed by atoms with Gasteiger partial charge in [-0.3, -0.25) is 19.3 Å². The normalized spacial score (nSPS) is 18.8. The number of hydrogen-bond acceptors (Lipinski definition) is 3. The average molecular weight is 320 g/mol. The molecule has 2 heterocycles. The van der Waals surface area contributed by atoms with Crippen LogP contribution in [0.3, 0.4) is 0 Å². The van der Waals surface area contributed by atoms with E-state index in [1.807, 2.05) is 31.2 Å². The third kappa shape index (κ3) is 1.91. The Morgan fingerprint density at radius 1 is 1.04 bits per heavy atom. The Bertz CT molecular complexity index is 903. The molecule has 2 aliphatic heterocycles. The van der Waals surface area contributed by atoms with E-state index in [2.05, 4.69) is 0 Å². The zero-order chi connectivity index (χ0) is 17.0. The summed E-state index contributed by atoms with van der Waals surface area (Å²) in [6, 6.07) is 12.6. The van der Waals surface area contributed by atoms with E-state index in [0.717, 1.165) is 22.6 Å². The molecule has 0 radical (unpaired) electrons. The second-order valence-electron chi connectivity index (χ2n) is 6.29. The van der Waals surface area contributed by atoms with Gasteiger partial charge in [-0.15, -0.1) is 0 Å². The largest absolute Gasteiger partial charge is 0.305 e. The van der Waals surface area contributed by atoms with Crippen LogP contribution < -0.4 is 4.90 Å². The van der Waals surface area contributed by atoms with E-state index < -0.39 is 0 Å². The average Bonchev–Trinajstić information content (AvgIpc) is 3.03. The summed E-state index contributed by atoms with van der Waals surface area (Å²) >= 11 is 0. The molecule has 0 saturated heterocycles. The number of carbonyl (C=O) groups excluding carboxylic acids is 3. The molecule has 4 rings (SSSR count). The first-order chi connectivity index (χ1) is 11.5. The fraction of sp³-hybridized carbons (Fsp3) is 0.211. The van der Waals surface area contributed by atoms with E-state index in [1.54, 1.807) is 17.0 Å². The number of amides is 3. The Kier molecular flexibility index (Phi) is 3.06. The molecular formula is C19H16N2O3. The number of anilines is 1. The smallest absolute Gasteiger partial charge is 0.261 e. The first-order valence-corrected chi connectivity index (χ1v) is 7.87. The predicted molar refractivity (Wildman–Crippen MR) is 89.3 cm³/mol. The van der Waals surface area contributed by atoms with Crippen molar-refractivity contribution in [2.24, 2.45) is 0 Å². The monoisotopic (exact) mass is 320 g/mol. The van der Waals surface area contributed by atoms with Gasteiger partial charge in [0, 0.05) is 24.3 Å². The summed E-state index contributed by atoms with van der Waals surface area (Å²) in [7, 11) is 1.45. The van der Waals surface area contributed by atoms with Gasteiger partial charge >= 0.3 is 0 Å². The molecule has 5 heteroatoms. The van der Waals surface area contributed by atoms with Crippen LogP contribution in [0.15, 0.2) is 42.5 Å². The van der Waals surface area contributed by atoms with Crippen molar-refractivity contribution in [1.82, 2.24) is 4.90 Å². The maximum Gasteiger partial charge on any atom is 0.261 e. The molecule has 0 aromatic heterocycles. The third-order valence-electron chi connectivity index (χ3n) is 4.76. The van der Waals surface area contributed by atoms with Gasteiger partial charge in [-0.05, 0) is 43.2 Å². The Labute approximate surface area is 139 Å². The minimum Gasteiger partial charge on any atom is -0.305 e. The number of imide groups is 1. The number of rotatable bonds is 1. The topological polar surface area (TPSA) is 57.7 Å². The zero-order valence-corrected chi connectivity index (χ0v) is 13.4. The van der Waals surface area contributed by atoms with Crippen LogP contribution in [0.2, 0.25) is 0 Å². The van der Waals surface area contributed by atoms with Crippen LogP contribution in [0.5, 0.6) is 0 Å². The van der Waals surface area contributed by atoms with Gasteiger partial charge in [-0.1, -0.05) is 18.2 Å². The van der Waals surface area contributed by atoms with Crippen LogP contribution in [0.4, 0.5) is 5.69 Å². The summed E-state index contributed by atoms with van der Waals surface area (Å²) in [5.41, 5.74) is 3.14. The van der Waals surface area contributed by atoms with Crippen LogP contribution in [-0.4, -0.2) is 35.7 Å². The molecule has 0 spiro atoms. The second kappa shape index (κ2) is 5.03. The zero-order valence-electron chi connectivity index (χ0n) is 13.4. The van der Waals surface area contributed by atoms with Gasteiger partial charge in [0.1, 0.15) is 0 Å². The quantitative estimate of drug-likeness (QED) is 0.759. The predicted octanol–water partition coefficient (Wildman–Crippen LogP) is 2.50. The Morgan fingerprint density at radius 2 is 1.75 bits per heavy atom. The first-order valence-electron chi connectivity index (χ1n) is 7.87. The first kappa shape index (κ1) is 14.6. The summed E-state index contributed by atoms with van der Waals surface area (Å²) in [6.07, 6.45) is 0.813. The molecule has 2 aliphatic rings. The van der Waals surface area contributed by atoms with E-state index >= 15 is 0 Å². The molecule has 24 heavy (non-hydrogen) atoms. The number of nitrogens with zero attached hydrogens (tertiary/aromatic N) is 2. The SMILES string of the molecule is CC1Cc2ccccc2N1C(=O)c1ccc2c(c1)C(=O)N(C)C2=O. The molecule has 3 amide bonds. The van der Waals surface area contributed by atoms with E-state index in [4.69, 9.17) is 0 Å². The molecule has 0 fully saturated rings. The Balaban J connectivity index is 1.75.